The van der Waals surface area contributed by atoms with E-state index < -0.39 is 4.92 Å². The standard InChI is InChI=1S/C11H7BrN2O3/c12-8-1-3-9(4-2-8)17-11-5-6-13-7-10(11)14(15)16/h1-7H. The van der Waals surface area contributed by atoms with Crippen molar-refractivity contribution in [3.05, 3.63) is 57.3 Å². The van der Waals surface area contributed by atoms with E-state index >= 15 is 0 Å². The van der Waals surface area contributed by atoms with E-state index in [0.717, 1.165) is 10.7 Å². The van der Waals surface area contributed by atoms with Gasteiger partial charge in [0.1, 0.15) is 11.9 Å². The van der Waals surface area contributed by atoms with Gasteiger partial charge in [0.05, 0.1) is 4.92 Å². The van der Waals surface area contributed by atoms with Crippen molar-refractivity contribution in [2.75, 3.05) is 0 Å². The van der Waals surface area contributed by atoms with E-state index in [4.69, 9.17) is 4.74 Å². The number of aromatic nitrogens is 1. The second-order valence-electron chi connectivity index (χ2n) is 3.16. The number of nitro groups is 1. The highest BCUT2D eigenvalue weighted by Crippen LogP contribution is 2.30. The van der Waals surface area contributed by atoms with Crippen molar-refractivity contribution in [3.8, 4) is 11.5 Å². The van der Waals surface area contributed by atoms with Crippen LogP contribution in [0.2, 0.25) is 0 Å². The molecule has 0 aliphatic heterocycles. The Bertz CT molecular complexity index is 543. The van der Waals surface area contributed by atoms with Gasteiger partial charge in [-0.2, -0.15) is 0 Å². The Morgan fingerprint density at radius 3 is 2.59 bits per heavy atom. The quantitative estimate of drug-likeness (QED) is 0.641. The van der Waals surface area contributed by atoms with Crippen molar-refractivity contribution in [2.24, 2.45) is 0 Å². The largest absolute Gasteiger partial charge is 0.450 e. The summed E-state index contributed by atoms with van der Waals surface area (Å²) in [6.45, 7) is 0. The Balaban J connectivity index is 2.30. The van der Waals surface area contributed by atoms with Crippen molar-refractivity contribution >= 4 is 21.6 Å². The van der Waals surface area contributed by atoms with Crippen molar-refractivity contribution in [1.82, 2.24) is 4.98 Å². The van der Waals surface area contributed by atoms with Crippen LogP contribution in [0.15, 0.2) is 47.2 Å². The van der Waals surface area contributed by atoms with Gasteiger partial charge in [-0.15, -0.1) is 0 Å². The minimum Gasteiger partial charge on any atom is -0.450 e. The summed E-state index contributed by atoms with van der Waals surface area (Å²) in [7, 11) is 0. The molecule has 0 N–H and O–H groups in total. The molecule has 1 aromatic carbocycles. The van der Waals surface area contributed by atoms with Gasteiger partial charge in [0.25, 0.3) is 0 Å². The molecule has 0 saturated carbocycles. The number of hydrogen-bond acceptors (Lipinski definition) is 4. The maximum absolute atomic E-state index is 10.7. The van der Waals surface area contributed by atoms with E-state index in [1.165, 1.54) is 12.3 Å². The normalized spacial score (nSPS) is 9.94. The lowest BCUT2D eigenvalue weighted by molar-refractivity contribution is -0.386. The highest BCUT2D eigenvalue weighted by Gasteiger charge is 2.15. The van der Waals surface area contributed by atoms with Crippen LogP contribution in [0.1, 0.15) is 0 Å². The number of pyridine rings is 1. The Morgan fingerprint density at radius 1 is 1.24 bits per heavy atom. The molecule has 17 heavy (non-hydrogen) atoms. The molecule has 0 saturated heterocycles. The summed E-state index contributed by atoms with van der Waals surface area (Å²) in [5.41, 5.74) is -0.157. The molecule has 1 heterocycles. The van der Waals surface area contributed by atoms with Crippen LogP contribution in [-0.2, 0) is 0 Å². The van der Waals surface area contributed by atoms with Crippen LogP contribution in [0.3, 0.4) is 0 Å². The Labute approximate surface area is 105 Å². The Kier molecular flexibility index (Phi) is 3.34. The summed E-state index contributed by atoms with van der Waals surface area (Å²) >= 11 is 3.29. The summed E-state index contributed by atoms with van der Waals surface area (Å²) in [5.74, 6) is 0.704. The van der Waals surface area contributed by atoms with Crippen molar-refractivity contribution < 1.29 is 9.66 Å². The fourth-order valence-electron chi connectivity index (χ4n) is 1.23. The summed E-state index contributed by atoms with van der Waals surface area (Å²) in [6.07, 6.45) is 2.61. The zero-order chi connectivity index (χ0) is 12.3. The molecule has 0 atom stereocenters. The number of ether oxygens (including phenoxy) is 1. The van der Waals surface area contributed by atoms with E-state index in [1.807, 2.05) is 0 Å². The number of rotatable bonds is 3. The highest BCUT2D eigenvalue weighted by molar-refractivity contribution is 9.10. The lowest BCUT2D eigenvalue weighted by Gasteiger charge is -2.05. The third-order valence-corrected chi connectivity index (χ3v) is 2.53. The molecule has 0 aliphatic rings. The lowest BCUT2D eigenvalue weighted by atomic mass is 10.3. The molecule has 0 bridgehead atoms. The topological polar surface area (TPSA) is 65.3 Å². The average molecular weight is 295 g/mol. The first-order valence-electron chi connectivity index (χ1n) is 4.68. The monoisotopic (exact) mass is 294 g/mol. The smallest absolute Gasteiger partial charge is 0.329 e. The Morgan fingerprint density at radius 2 is 1.94 bits per heavy atom. The molecular formula is C11H7BrN2O3. The zero-order valence-corrected chi connectivity index (χ0v) is 10.1. The van der Waals surface area contributed by atoms with Gasteiger partial charge in [-0.3, -0.25) is 15.1 Å². The molecule has 2 aromatic rings. The first-order valence-corrected chi connectivity index (χ1v) is 5.48. The van der Waals surface area contributed by atoms with Crippen LogP contribution >= 0.6 is 15.9 Å². The van der Waals surface area contributed by atoms with E-state index in [0.29, 0.717) is 5.75 Å². The molecule has 0 amide bonds. The summed E-state index contributed by atoms with van der Waals surface area (Å²) < 4.78 is 6.33. The molecule has 0 fully saturated rings. The van der Waals surface area contributed by atoms with Gasteiger partial charge in [0.2, 0.25) is 5.75 Å². The molecular weight excluding hydrogens is 288 g/mol. The van der Waals surface area contributed by atoms with Crippen LogP contribution in [0.4, 0.5) is 5.69 Å². The van der Waals surface area contributed by atoms with E-state index in [-0.39, 0.29) is 11.4 Å². The predicted molar refractivity (Wildman–Crippen MR) is 65.1 cm³/mol. The fraction of sp³-hybridized carbons (Fsp3) is 0. The third-order valence-electron chi connectivity index (χ3n) is 2.00. The first-order chi connectivity index (χ1) is 8.16. The van der Waals surface area contributed by atoms with Crippen molar-refractivity contribution in [1.29, 1.82) is 0 Å². The second kappa shape index (κ2) is 4.92. The first kappa shape index (κ1) is 11.5. The van der Waals surface area contributed by atoms with Crippen LogP contribution in [0.5, 0.6) is 11.5 Å². The molecule has 2 rings (SSSR count). The van der Waals surface area contributed by atoms with Gasteiger partial charge in [-0.05, 0) is 24.3 Å². The predicted octanol–water partition coefficient (Wildman–Crippen LogP) is 3.54. The summed E-state index contributed by atoms with van der Waals surface area (Å²) in [4.78, 5) is 13.9. The number of hydrogen-bond donors (Lipinski definition) is 0. The van der Waals surface area contributed by atoms with Crippen LogP contribution in [-0.4, -0.2) is 9.91 Å². The molecule has 86 valence electrons. The fourth-order valence-corrected chi connectivity index (χ4v) is 1.49. The van der Waals surface area contributed by atoms with Gasteiger partial charge in [-0.1, -0.05) is 15.9 Å². The Hall–Kier alpha value is -1.95. The van der Waals surface area contributed by atoms with Gasteiger partial charge < -0.3 is 4.74 Å². The maximum Gasteiger partial charge on any atom is 0.329 e. The molecule has 5 nitrogen and oxygen atoms in total. The second-order valence-corrected chi connectivity index (χ2v) is 4.07. The average Bonchev–Trinajstić information content (AvgIpc) is 2.32. The van der Waals surface area contributed by atoms with Crippen molar-refractivity contribution in [2.45, 2.75) is 0 Å². The lowest BCUT2D eigenvalue weighted by Crippen LogP contribution is -1.93. The number of halogens is 1. The van der Waals surface area contributed by atoms with Gasteiger partial charge in [0, 0.05) is 16.7 Å². The highest BCUT2D eigenvalue weighted by atomic mass is 79.9. The molecule has 6 heteroatoms. The maximum atomic E-state index is 10.7. The number of nitrogens with zero attached hydrogens (tertiary/aromatic N) is 2. The van der Waals surface area contributed by atoms with Crippen LogP contribution in [0, 0.1) is 10.1 Å². The minimum atomic E-state index is -0.527. The zero-order valence-electron chi connectivity index (χ0n) is 8.54. The summed E-state index contributed by atoms with van der Waals surface area (Å²) in [5, 5.41) is 10.7. The molecule has 0 radical (unpaired) electrons. The molecule has 0 unspecified atom stereocenters. The molecule has 0 aliphatic carbocycles. The van der Waals surface area contributed by atoms with E-state index in [2.05, 4.69) is 20.9 Å². The summed E-state index contributed by atoms with van der Waals surface area (Å²) in [6, 6.07) is 8.48. The SMILES string of the molecule is O=[N+]([O-])c1cnccc1Oc1ccc(Br)cc1. The number of benzene rings is 1. The van der Waals surface area contributed by atoms with Gasteiger partial charge in [0.15, 0.2) is 0 Å². The van der Waals surface area contributed by atoms with Crippen LogP contribution in [0.25, 0.3) is 0 Å². The molecule has 0 spiro atoms. The van der Waals surface area contributed by atoms with Gasteiger partial charge >= 0.3 is 5.69 Å². The van der Waals surface area contributed by atoms with Crippen LogP contribution < -0.4 is 4.74 Å². The van der Waals surface area contributed by atoms with E-state index in [1.54, 1.807) is 24.3 Å². The van der Waals surface area contributed by atoms with Crippen molar-refractivity contribution in [3.63, 3.8) is 0 Å². The molecule has 1 aromatic heterocycles. The van der Waals surface area contributed by atoms with Gasteiger partial charge in [-0.25, -0.2) is 0 Å². The minimum absolute atomic E-state index is 0.157. The third kappa shape index (κ3) is 2.79. The van der Waals surface area contributed by atoms with E-state index in [9.17, 15) is 10.1 Å².